The Bertz CT molecular complexity index is 486. The topological polar surface area (TPSA) is 119 Å². The lowest BCUT2D eigenvalue weighted by Gasteiger charge is -2.39. The van der Waals surface area contributed by atoms with Crippen LogP contribution in [0, 0.1) is 5.92 Å². The Morgan fingerprint density at radius 2 is 1.75 bits per heavy atom. The Hall–Kier alpha value is -1.93. The molecule has 1 fully saturated rings. The minimum Gasteiger partial charge on any atom is -0.463 e. The van der Waals surface area contributed by atoms with Gasteiger partial charge in [-0.2, -0.15) is 0 Å². The van der Waals surface area contributed by atoms with Crippen LogP contribution in [0.5, 0.6) is 0 Å². The summed E-state index contributed by atoms with van der Waals surface area (Å²) in [5, 5.41) is 17.6. The number of hydrogen-bond acceptors (Lipinski definition) is 8. The van der Waals surface area contributed by atoms with Crippen LogP contribution in [-0.4, -0.2) is 60.1 Å². The van der Waals surface area contributed by atoms with Gasteiger partial charge < -0.3 is 24.4 Å². The SMILES string of the molecule is C=C(C)C(=O)OC1(C(=O)OCCO)CCCCC1C(=O)OCCO. The smallest absolute Gasteiger partial charge is 0.351 e. The molecule has 136 valence electrons. The predicted molar refractivity (Wildman–Crippen MR) is 81.7 cm³/mol. The maximum atomic E-state index is 12.5. The number of aliphatic hydroxyl groups is 2. The summed E-state index contributed by atoms with van der Waals surface area (Å²) in [5.41, 5.74) is -1.73. The molecule has 1 rings (SSSR count). The average molecular weight is 344 g/mol. The fraction of sp³-hybridized carbons (Fsp3) is 0.688. The van der Waals surface area contributed by atoms with Crippen molar-refractivity contribution in [1.29, 1.82) is 0 Å². The molecule has 2 N–H and O–H groups in total. The third-order valence-corrected chi connectivity index (χ3v) is 3.77. The van der Waals surface area contributed by atoms with Gasteiger partial charge in [0, 0.05) is 5.57 Å². The number of aliphatic hydroxyl groups excluding tert-OH is 2. The van der Waals surface area contributed by atoms with Crippen molar-refractivity contribution in [3.05, 3.63) is 12.2 Å². The Morgan fingerprint density at radius 3 is 2.33 bits per heavy atom. The van der Waals surface area contributed by atoms with Crippen molar-refractivity contribution >= 4 is 17.9 Å². The summed E-state index contributed by atoms with van der Waals surface area (Å²) in [7, 11) is 0. The van der Waals surface area contributed by atoms with Crippen molar-refractivity contribution in [2.45, 2.75) is 38.2 Å². The van der Waals surface area contributed by atoms with E-state index >= 15 is 0 Å². The van der Waals surface area contributed by atoms with Crippen molar-refractivity contribution in [2.75, 3.05) is 26.4 Å². The van der Waals surface area contributed by atoms with E-state index in [9.17, 15) is 14.4 Å². The van der Waals surface area contributed by atoms with Crippen LogP contribution in [0.2, 0.25) is 0 Å². The minimum absolute atomic E-state index is 0.0809. The van der Waals surface area contributed by atoms with Gasteiger partial charge in [-0.1, -0.05) is 13.0 Å². The van der Waals surface area contributed by atoms with E-state index in [0.717, 1.165) is 0 Å². The second-order valence-electron chi connectivity index (χ2n) is 5.61. The molecule has 0 aromatic rings. The van der Waals surface area contributed by atoms with Gasteiger partial charge in [0.25, 0.3) is 0 Å². The van der Waals surface area contributed by atoms with Gasteiger partial charge in [0.1, 0.15) is 19.1 Å². The lowest BCUT2D eigenvalue weighted by molar-refractivity contribution is -0.199. The van der Waals surface area contributed by atoms with E-state index in [1.807, 2.05) is 0 Å². The highest BCUT2D eigenvalue weighted by Crippen LogP contribution is 2.39. The Labute approximate surface area is 140 Å². The van der Waals surface area contributed by atoms with Crippen LogP contribution in [-0.2, 0) is 28.6 Å². The quantitative estimate of drug-likeness (QED) is 0.362. The van der Waals surface area contributed by atoms with Crippen LogP contribution in [0.1, 0.15) is 32.6 Å². The molecule has 0 aromatic carbocycles. The molecule has 0 spiro atoms. The third kappa shape index (κ3) is 4.78. The van der Waals surface area contributed by atoms with Gasteiger partial charge in [0.15, 0.2) is 0 Å². The molecule has 2 unspecified atom stereocenters. The van der Waals surface area contributed by atoms with Gasteiger partial charge in [-0.05, 0) is 26.2 Å². The normalized spacial score (nSPS) is 23.2. The van der Waals surface area contributed by atoms with Gasteiger partial charge in [0.2, 0.25) is 5.60 Å². The van der Waals surface area contributed by atoms with Crippen molar-refractivity contribution in [2.24, 2.45) is 5.92 Å². The van der Waals surface area contributed by atoms with Crippen LogP contribution < -0.4 is 0 Å². The van der Waals surface area contributed by atoms with Crippen LogP contribution >= 0.6 is 0 Å². The van der Waals surface area contributed by atoms with E-state index in [0.29, 0.717) is 12.8 Å². The second-order valence-corrected chi connectivity index (χ2v) is 5.61. The molecule has 1 aliphatic carbocycles. The van der Waals surface area contributed by atoms with E-state index in [2.05, 4.69) is 6.58 Å². The van der Waals surface area contributed by atoms with Gasteiger partial charge in [-0.3, -0.25) is 4.79 Å². The zero-order valence-electron chi connectivity index (χ0n) is 13.8. The number of carbonyl (C=O) groups is 3. The van der Waals surface area contributed by atoms with E-state index in [1.54, 1.807) is 0 Å². The largest absolute Gasteiger partial charge is 0.463 e. The highest BCUT2D eigenvalue weighted by Gasteiger charge is 2.55. The molecule has 0 aromatic heterocycles. The third-order valence-electron chi connectivity index (χ3n) is 3.77. The van der Waals surface area contributed by atoms with E-state index in [1.165, 1.54) is 6.92 Å². The summed E-state index contributed by atoms with van der Waals surface area (Å²) in [6.07, 6.45) is 1.59. The number of esters is 3. The number of ether oxygens (including phenoxy) is 3. The van der Waals surface area contributed by atoms with Crippen molar-refractivity contribution < 1.29 is 38.8 Å². The van der Waals surface area contributed by atoms with Crippen molar-refractivity contribution in [3.63, 3.8) is 0 Å². The fourth-order valence-corrected chi connectivity index (χ4v) is 2.62. The lowest BCUT2D eigenvalue weighted by Crippen LogP contribution is -2.55. The molecule has 0 amide bonds. The summed E-state index contributed by atoms with van der Waals surface area (Å²) in [5.74, 6) is -3.47. The zero-order chi connectivity index (χ0) is 18.2. The van der Waals surface area contributed by atoms with Crippen molar-refractivity contribution in [3.8, 4) is 0 Å². The van der Waals surface area contributed by atoms with E-state index < -0.39 is 36.0 Å². The Kier molecular flexibility index (Phi) is 7.87. The molecule has 0 saturated heterocycles. The first-order chi connectivity index (χ1) is 11.4. The van der Waals surface area contributed by atoms with E-state index in [-0.39, 0.29) is 38.2 Å². The summed E-state index contributed by atoms with van der Waals surface area (Å²) >= 11 is 0. The molecule has 1 aliphatic rings. The first kappa shape index (κ1) is 20.1. The summed E-state index contributed by atoms with van der Waals surface area (Å²) in [4.78, 5) is 36.8. The molecule has 0 radical (unpaired) electrons. The molecule has 8 nitrogen and oxygen atoms in total. The van der Waals surface area contributed by atoms with Gasteiger partial charge in [0.05, 0.1) is 13.2 Å². The van der Waals surface area contributed by atoms with Crippen LogP contribution in [0.15, 0.2) is 12.2 Å². The monoisotopic (exact) mass is 344 g/mol. The summed E-state index contributed by atoms with van der Waals surface area (Å²) in [6, 6.07) is 0. The average Bonchev–Trinajstić information content (AvgIpc) is 2.57. The second kappa shape index (κ2) is 9.39. The molecule has 0 heterocycles. The summed E-state index contributed by atoms with van der Waals surface area (Å²) in [6.45, 7) is 3.67. The van der Waals surface area contributed by atoms with Crippen LogP contribution in [0.4, 0.5) is 0 Å². The van der Waals surface area contributed by atoms with Gasteiger partial charge in [-0.25, -0.2) is 9.59 Å². The molecule has 8 heteroatoms. The lowest BCUT2D eigenvalue weighted by atomic mass is 9.75. The predicted octanol–water partition coefficient (Wildman–Crippen LogP) is 0.106. The highest BCUT2D eigenvalue weighted by atomic mass is 16.6. The number of rotatable bonds is 8. The van der Waals surface area contributed by atoms with Gasteiger partial charge in [-0.15, -0.1) is 0 Å². The minimum atomic E-state index is -1.81. The maximum Gasteiger partial charge on any atom is 0.351 e. The number of hydrogen-bond donors (Lipinski definition) is 2. The Morgan fingerprint density at radius 1 is 1.12 bits per heavy atom. The Balaban J connectivity index is 3.13. The molecular weight excluding hydrogens is 320 g/mol. The molecular formula is C16H24O8. The zero-order valence-corrected chi connectivity index (χ0v) is 13.8. The molecule has 24 heavy (non-hydrogen) atoms. The highest BCUT2D eigenvalue weighted by molar-refractivity contribution is 5.94. The molecule has 0 bridgehead atoms. The molecule has 2 atom stereocenters. The van der Waals surface area contributed by atoms with Crippen LogP contribution in [0.25, 0.3) is 0 Å². The van der Waals surface area contributed by atoms with Crippen LogP contribution in [0.3, 0.4) is 0 Å². The first-order valence-electron chi connectivity index (χ1n) is 7.83. The first-order valence-corrected chi connectivity index (χ1v) is 7.83. The number of carbonyl (C=O) groups excluding carboxylic acids is 3. The fourth-order valence-electron chi connectivity index (χ4n) is 2.62. The summed E-state index contributed by atoms with van der Waals surface area (Å²) < 4.78 is 15.2. The standard InChI is InChI=1S/C16H24O8/c1-11(2)13(19)24-16(15(21)23-10-8-18)6-4-3-5-12(16)14(20)22-9-7-17/h12,17-18H,1,3-10H2,2H3. The maximum absolute atomic E-state index is 12.5. The van der Waals surface area contributed by atoms with E-state index in [4.69, 9.17) is 24.4 Å². The molecule has 0 aliphatic heterocycles. The van der Waals surface area contributed by atoms with Gasteiger partial charge >= 0.3 is 17.9 Å². The van der Waals surface area contributed by atoms with Crippen molar-refractivity contribution in [1.82, 2.24) is 0 Å². The molecule has 1 saturated carbocycles.